The predicted octanol–water partition coefficient (Wildman–Crippen LogP) is 4.35. The fourth-order valence-electron chi connectivity index (χ4n) is 1.06. The van der Waals surface area contributed by atoms with Gasteiger partial charge in [-0.1, -0.05) is 54.4 Å². The smallest absolute Gasteiger partial charge is 0.118 e. The van der Waals surface area contributed by atoms with Crippen molar-refractivity contribution in [3.63, 3.8) is 0 Å². The quantitative estimate of drug-likeness (QED) is 0.591. The van der Waals surface area contributed by atoms with Crippen LogP contribution in [0.3, 0.4) is 0 Å². The van der Waals surface area contributed by atoms with E-state index in [0.29, 0.717) is 0 Å². The van der Waals surface area contributed by atoms with Gasteiger partial charge in [-0.2, -0.15) is 0 Å². The lowest BCUT2D eigenvalue weighted by atomic mass is 10.2. The van der Waals surface area contributed by atoms with Crippen LogP contribution in [0.2, 0.25) is 19.6 Å². The van der Waals surface area contributed by atoms with Gasteiger partial charge in [0.05, 0.1) is 15.2 Å². The van der Waals surface area contributed by atoms with E-state index >= 15 is 0 Å². The molecule has 15 heavy (non-hydrogen) atoms. The summed E-state index contributed by atoms with van der Waals surface area (Å²) in [6, 6.07) is 8.19. The molecule has 1 nitrogen and oxygen atoms in total. The molecule has 0 saturated heterocycles. The molecule has 0 aliphatic heterocycles. The summed E-state index contributed by atoms with van der Waals surface area (Å²) in [5, 5.41) is 0. The van der Waals surface area contributed by atoms with E-state index in [0.717, 1.165) is 5.75 Å². The third kappa shape index (κ3) is 3.99. The Morgan fingerprint density at radius 1 is 1.20 bits per heavy atom. The highest BCUT2D eigenvalue weighted by Crippen LogP contribution is 2.24. The molecule has 0 heterocycles. The highest BCUT2D eigenvalue weighted by atomic mass is 127. The maximum atomic E-state index is 5.13. The molecule has 0 unspecified atom stereocenters. The topological polar surface area (TPSA) is 9.23 Å². The molecule has 1 aromatic rings. The van der Waals surface area contributed by atoms with E-state index in [9.17, 15) is 0 Å². The van der Waals surface area contributed by atoms with Crippen molar-refractivity contribution in [2.24, 2.45) is 0 Å². The maximum absolute atomic E-state index is 5.13. The first kappa shape index (κ1) is 12.8. The maximum Gasteiger partial charge on any atom is 0.118 e. The van der Waals surface area contributed by atoms with E-state index in [-0.39, 0.29) is 0 Å². The van der Waals surface area contributed by atoms with Crippen molar-refractivity contribution in [2.45, 2.75) is 19.6 Å². The van der Waals surface area contributed by atoms with Gasteiger partial charge in [-0.25, -0.2) is 0 Å². The van der Waals surface area contributed by atoms with Crippen molar-refractivity contribution in [3.05, 3.63) is 33.0 Å². The summed E-state index contributed by atoms with van der Waals surface area (Å²) >= 11 is 2.46. The largest absolute Gasteiger partial charge is 0.497 e. The van der Waals surface area contributed by atoms with Crippen molar-refractivity contribution in [1.82, 2.24) is 0 Å². The van der Waals surface area contributed by atoms with Gasteiger partial charge in [0, 0.05) is 0 Å². The van der Waals surface area contributed by atoms with E-state index < -0.39 is 8.07 Å². The molecule has 82 valence electrons. The Balaban J connectivity index is 2.89. The average molecular weight is 332 g/mol. The summed E-state index contributed by atoms with van der Waals surface area (Å²) in [5.74, 6) is 0.912. The Hall–Kier alpha value is -0.293. The molecular weight excluding hydrogens is 315 g/mol. The second-order valence-corrected chi connectivity index (χ2v) is 11.7. The van der Waals surface area contributed by atoms with Gasteiger partial charge in [-0.05, 0) is 27.0 Å². The van der Waals surface area contributed by atoms with E-state index in [2.05, 4.69) is 60.4 Å². The van der Waals surface area contributed by atoms with Crippen molar-refractivity contribution in [1.29, 1.82) is 0 Å². The SMILES string of the molecule is COc1ccc(/C=C(\I)[Si](C)(C)C)cc1. The molecule has 0 fully saturated rings. The number of hydrogen-bond donors (Lipinski definition) is 0. The highest BCUT2D eigenvalue weighted by Gasteiger charge is 2.16. The Morgan fingerprint density at radius 2 is 1.73 bits per heavy atom. The minimum atomic E-state index is -1.15. The summed E-state index contributed by atoms with van der Waals surface area (Å²) in [5.41, 5.74) is 1.25. The van der Waals surface area contributed by atoms with Gasteiger partial charge in [0.2, 0.25) is 0 Å². The molecule has 0 saturated carbocycles. The number of hydrogen-bond acceptors (Lipinski definition) is 1. The normalized spacial score (nSPS) is 12.7. The number of rotatable bonds is 3. The molecule has 0 amide bonds. The zero-order chi connectivity index (χ0) is 11.5. The second kappa shape index (κ2) is 5.16. The average Bonchev–Trinajstić information content (AvgIpc) is 2.17. The molecule has 3 heteroatoms. The lowest BCUT2D eigenvalue weighted by molar-refractivity contribution is 0.415. The molecular formula is C12H17IOSi. The summed E-state index contributed by atoms with van der Waals surface area (Å²) in [7, 11) is 0.542. The lowest BCUT2D eigenvalue weighted by Crippen LogP contribution is -2.19. The van der Waals surface area contributed by atoms with Gasteiger partial charge in [0.1, 0.15) is 5.75 Å². The minimum Gasteiger partial charge on any atom is -0.497 e. The number of ether oxygens (including phenoxy) is 1. The molecule has 0 spiro atoms. The van der Waals surface area contributed by atoms with Gasteiger partial charge in [-0.3, -0.25) is 0 Å². The Labute approximate surface area is 107 Å². The van der Waals surface area contributed by atoms with Crippen molar-refractivity contribution in [2.75, 3.05) is 7.11 Å². The Bertz CT molecular complexity index is 349. The van der Waals surface area contributed by atoms with Gasteiger partial charge in [0.15, 0.2) is 0 Å². The molecule has 0 bridgehead atoms. The number of benzene rings is 1. The molecule has 1 rings (SSSR count). The highest BCUT2D eigenvalue weighted by molar-refractivity contribution is 14.1. The molecule has 1 aromatic carbocycles. The van der Waals surface area contributed by atoms with Crippen LogP contribution in [0.4, 0.5) is 0 Å². The first-order valence-electron chi connectivity index (χ1n) is 4.95. The molecule has 0 aliphatic rings. The predicted molar refractivity (Wildman–Crippen MR) is 78.3 cm³/mol. The van der Waals surface area contributed by atoms with Crippen LogP contribution in [0.5, 0.6) is 5.75 Å². The van der Waals surface area contributed by atoms with Crippen LogP contribution >= 0.6 is 22.6 Å². The Kier molecular flexibility index (Phi) is 4.40. The third-order valence-corrected chi connectivity index (χ3v) is 8.87. The van der Waals surface area contributed by atoms with Crippen molar-refractivity contribution < 1.29 is 4.74 Å². The fraction of sp³-hybridized carbons (Fsp3) is 0.333. The van der Waals surface area contributed by atoms with E-state index in [1.54, 1.807) is 7.11 Å². The molecule has 0 atom stereocenters. The lowest BCUT2D eigenvalue weighted by Gasteiger charge is -2.15. The van der Waals surface area contributed by atoms with Gasteiger partial charge >= 0.3 is 0 Å². The summed E-state index contributed by atoms with van der Waals surface area (Å²) < 4.78 is 6.62. The molecule has 0 aromatic heterocycles. The van der Waals surface area contributed by atoms with Crippen molar-refractivity contribution >= 4 is 36.7 Å². The van der Waals surface area contributed by atoms with Crippen LogP contribution in [0.1, 0.15) is 5.56 Å². The van der Waals surface area contributed by atoms with Gasteiger partial charge < -0.3 is 4.74 Å². The van der Waals surface area contributed by atoms with Crippen LogP contribution in [-0.2, 0) is 0 Å². The van der Waals surface area contributed by atoms with Crippen LogP contribution in [0, 0.1) is 0 Å². The van der Waals surface area contributed by atoms with E-state index in [1.165, 1.54) is 8.77 Å². The summed E-state index contributed by atoms with van der Waals surface area (Å²) in [6.07, 6.45) is 2.27. The number of methoxy groups -OCH3 is 1. The zero-order valence-electron chi connectivity index (χ0n) is 9.67. The standard InChI is InChI=1S/C12H17IOSi/c1-14-11-7-5-10(6-8-11)9-12(13)15(2,3)4/h5-9H,1-4H3/b12-9+. The summed E-state index contributed by atoms with van der Waals surface area (Å²) in [6.45, 7) is 7.07. The first-order chi connectivity index (χ1) is 6.93. The number of halogens is 1. The van der Waals surface area contributed by atoms with Gasteiger partial charge in [0.25, 0.3) is 0 Å². The van der Waals surface area contributed by atoms with E-state index in [4.69, 9.17) is 4.74 Å². The second-order valence-electron chi connectivity index (χ2n) is 4.52. The van der Waals surface area contributed by atoms with Crippen LogP contribution in [-0.4, -0.2) is 15.2 Å². The molecule has 0 radical (unpaired) electrons. The van der Waals surface area contributed by atoms with E-state index in [1.807, 2.05) is 12.1 Å². The zero-order valence-corrected chi connectivity index (χ0v) is 12.8. The monoisotopic (exact) mass is 332 g/mol. The van der Waals surface area contributed by atoms with Crippen LogP contribution in [0.15, 0.2) is 27.5 Å². The van der Waals surface area contributed by atoms with Crippen LogP contribution < -0.4 is 4.74 Å². The summed E-state index contributed by atoms with van der Waals surface area (Å²) in [4.78, 5) is 0. The molecule has 0 aliphatic carbocycles. The van der Waals surface area contributed by atoms with Crippen molar-refractivity contribution in [3.8, 4) is 5.75 Å². The third-order valence-electron chi connectivity index (χ3n) is 2.13. The first-order valence-corrected chi connectivity index (χ1v) is 9.53. The fourth-order valence-corrected chi connectivity index (χ4v) is 2.02. The molecule has 0 N–H and O–H groups in total. The van der Waals surface area contributed by atoms with Crippen LogP contribution in [0.25, 0.3) is 6.08 Å². The Morgan fingerprint density at radius 3 is 2.13 bits per heavy atom. The minimum absolute atomic E-state index is 0.912. The van der Waals surface area contributed by atoms with Gasteiger partial charge in [-0.15, -0.1) is 0 Å².